The van der Waals surface area contributed by atoms with Crippen LogP contribution in [0.3, 0.4) is 0 Å². The number of anilines is 1. The van der Waals surface area contributed by atoms with Crippen molar-refractivity contribution in [1.82, 2.24) is 14.8 Å². The number of alkyl halides is 3. The smallest absolute Gasteiger partial charge is 0.356 e. The van der Waals surface area contributed by atoms with Gasteiger partial charge in [-0.15, -0.1) is 0 Å². The fraction of sp³-hybridized carbons (Fsp3) is 0.467. The Bertz CT molecular complexity index is 650. The number of aromatic nitrogens is 3. The number of hydrogen-bond donors (Lipinski definition) is 0. The Morgan fingerprint density at radius 2 is 2.14 bits per heavy atom. The third-order valence-electron chi connectivity index (χ3n) is 3.83. The standard InChI is InChI=1S/C15H17F3N4/c1-11-3-6-21(9-11)14-8-12(2-5-19-14)10-22-7-4-13(20-22)15(16,17)18/h2,4-5,7-8,11H,3,6,9-10H2,1H3/t11-/m0/s1. The summed E-state index contributed by atoms with van der Waals surface area (Å²) in [5.41, 5.74) is 0.0246. The second-order valence-electron chi connectivity index (χ2n) is 5.76. The van der Waals surface area contributed by atoms with E-state index in [1.165, 1.54) is 10.9 Å². The molecular weight excluding hydrogens is 293 g/mol. The van der Waals surface area contributed by atoms with E-state index < -0.39 is 11.9 Å². The Morgan fingerprint density at radius 3 is 2.77 bits per heavy atom. The van der Waals surface area contributed by atoms with Crippen LogP contribution in [0.2, 0.25) is 0 Å². The number of pyridine rings is 1. The van der Waals surface area contributed by atoms with Crippen molar-refractivity contribution in [2.24, 2.45) is 5.92 Å². The summed E-state index contributed by atoms with van der Waals surface area (Å²) in [6.45, 7) is 4.44. The van der Waals surface area contributed by atoms with Gasteiger partial charge in [0, 0.05) is 25.5 Å². The van der Waals surface area contributed by atoms with Gasteiger partial charge in [-0.2, -0.15) is 18.3 Å². The first-order chi connectivity index (χ1) is 10.4. The van der Waals surface area contributed by atoms with Gasteiger partial charge >= 0.3 is 6.18 Å². The maximum atomic E-state index is 12.6. The zero-order valence-electron chi connectivity index (χ0n) is 12.2. The van der Waals surface area contributed by atoms with Gasteiger partial charge in [-0.05, 0) is 36.1 Å². The Hall–Kier alpha value is -2.05. The van der Waals surface area contributed by atoms with Crippen molar-refractivity contribution in [2.75, 3.05) is 18.0 Å². The quantitative estimate of drug-likeness (QED) is 0.873. The predicted molar refractivity (Wildman–Crippen MR) is 76.6 cm³/mol. The minimum Gasteiger partial charge on any atom is -0.356 e. The van der Waals surface area contributed by atoms with Gasteiger partial charge in [0.25, 0.3) is 0 Å². The molecule has 1 aliphatic rings. The molecule has 3 rings (SSSR count). The Kier molecular flexibility index (Phi) is 3.80. The van der Waals surface area contributed by atoms with E-state index in [9.17, 15) is 13.2 Å². The third-order valence-corrected chi connectivity index (χ3v) is 3.83. The van der Waals surface area contributed by atoms with E-state index in [4.69, 9.17) is 0 Å². The van der Waals surface area contributed by atoms with Crippen LogP contribution in [0.1, 0.15) is 24.6 Å². The van der Waals surface area contributed by atoms with E-state index in [0.29, 0.717) is 12.5 Å². The molecule has 4 nitrogen and oxygen atoms in total. The second kappa shape index (κ2) is 5.62. The molecule has 1 aliphatic heterocycles. The highest BCUT2D eigenvalue weighted by Gasteiger charge is 2.33. The van der Waals surface area contributed by atoms with Crippen LogP contribution in [0.15, 0.2) is 30.6 Å². The molecule has 1 atom stereocenters. The van der Waals surface area contributed by atoms with E-state index >= 15 is 0 Å². The van der Waals surface area contributed by atoms with Crippen LogP contribution in [0, 0.1) is 5.92 Å². The molecule has 2 aromatic rings. The van der Waals surface area contributed by atoms with Gasteiger partial charge in [-0.1, -0.05) is 6.92 Å². The minimum absolute atomic E-state index is 0.301. The Morgan fingerprint density at radius 1 is 1.32 bits per heavy atom. The lowest BCUT2D eigenvalue weighted by Gasteiger charge is -2.17. The van der Waals surface area contributed by atoms with Gasteiger partial charge < -0.3 is 4.90 Å². The summed E-state index contributed by atoms with van der Waals surface area (Å²) in [7, 11) is 0. The largest absolute Gasteiger partial charge is 0.435 e. The molecule has 0 N–H and O–H groups in total. The van der Waals surface area contributed by atoms with Crippen molar-refractivity contribution in [3.63, 3.8) is 0 Å². The summed E-state index contributed by atoms with van der Waals surface area (Å²) in [5, 5.41) is 3.57. The molecule has 0 spiro atoms. The molecule has 0 amide bonds. The highest BCUT2D eigenvalue weighted by Crippen LogP contribution is 2.27. The van der Waals surface area contributed by atoms with Gasteiger partial charge in [-0.25, -0.2) is 4.98 Å². The van der Waals surface area contributed by atoms with Gasteiger partial charge in [0.1, 0.15) is 5.82 Å². The van der Waals surface area contributed by atoms with Crippen molar-refractivity contribution in [3.05, 3.63) is 41.9 Å². The zero-order chi connectivity index (χ0) is 15.7. The molecule has 0 saturated carbocycles. The highest BCUT2D eigenvalue weighted by molar-refractivity contribution is 5.42. The maximum absolute atomic E-state index is 12.6. The van der Waals surface area contributed by atoms with Crippen LogP contribution in [0.25, 0.3) is 0 Å². The van der Waals surface area contributed by atoms with Crippen LogP contribution in [0.5, 0.6) is 0 Å². The third kappa shape index (κ3) is 3.23. The van der Waals surface area contributed by atoms with Crippen molar-refractivity contribution >= 4 is 5.82 Å². The second-order valence-corrected chi connectivity index (χ2v) is 5.76. The highest BCUT2D eigenvalue weighted by atomic mass is 19.4. The van der Waals surface area contributed by atoms with Crippen molar-refractivity contribution < 1.29 is 13.2 Å². The molecule has 3 heterocycles. The molecule has 0 bridgehead atoms. The topological polar surface area (TPSA) is 34.0 Å². The molecule has 1 saturated heterocycles. The van der Waals surface area contributed by atoms with Crippen LogP contribution < -0.4 is 4.90 Å². The lowest BCUT2D eigenvalue weighted by atomic mass is 10.2. The van der Waals surface area contributed by atoms with E-state index in [0.717, 1.165) is 37.0 Å². The summed E-state index contributed by atoms with van der Waals surface area (Å²) in [6.07, 6.45) is -0.219. The van der Waals surface area contributed by atoms with E-state index in [1.54, 1.807) is 12.3 Å². The molecule has 1 fully saturated rings. The average molecular weight is 310 g/mol. The number of hydrogen-bond acceptors (Lipinski definition) is 3. The Balaban J connectivity index is 1.74. The van der Waals surface area contributed by atoms with E-state index in [2.05, 4.69) is 21.9 Å². The molecular formula is C15H17F3N4. The molecule has 0 radical (unpaired) electrons. The summed E-state index contributed by atoms with van der Waals surface area (Å²) in [5.74, 6) is 1.52. The van der Waals surface area contributed by atoms with Crippen LogP contribution >= 0.6 is 0 Å². The van der Waals surface area contributed by atoms with Crippen LogP contribution in [-0.2, 0) is 12.7 Å². The normalized spacial score (nSPS) is 18.9. The summed E-state index contributed by atoms with van der Waals surface area (Å²) in [4.78, 5) is 6.56. The van der Waals surface area contributed by atoms with Gasteiger partial charge in [-0.3, -0.25) is 4.68 Å². The van der Waals surface area contributed by atoms with E-state index in [-0.39, 0.29) is 0 Å². The predicted octanol–water partition coefficient (Wildman–Crippen LogP) is 3.19. The summed E-state index contributed by atoms with van der Waals surface area (Å²) < 4.78 is 39.0. The molecule has 118 valence electrons. The SMILES string of the molecule is C[C@H]1CCN(c2cc(Cn3ccc(C(F)(F)F)n3)ccn2)C1. The lowest BCUT2D eigenvalue weighted by molar-refractivity contribution is -0.141. The monoisotopic (exact) mass is 310 g/mol. The van der Waals surface area contributed by atoms with Gasteiger partial charge in [0.15, 0.2) is 5.69 Å². The number of nitrogens with zero attached hydrogens (tertiary/aromatic N) is 4. The number of rotatable bonds is 3. The fourth-order valence-corrected chi connectivity index (χ4v) is 2.66. The lowest BCUT2D eigenvalue weighted by Crippen LogP contribution is -2.20. The first-order valence-electron chi connectivity index (χ1n) is 7.22. The molecule has 7 heteroatoms. The molecule has 22 heavy (non-hydrogen) atoms. The summed E-state index contributed by atoms with van der Waals surface area (Å²) in [6, 6.07) is 4.72. The molecule has 2 aromatic heterocycles. The first-order valence-corrected chi connectivity index (χ1v) is 7.22. The van der Waals surface area contributed by atoms with Crippen molar-refractivity contribution in [2.45, 2.75) is 26.1 Å². The molecule has 0 unspecified atom stereocenters. The van der Waals surface area contributed by atoms with Crippen LogP contribution in [0.4, 0.5) is 19.0 Å². The zero-order valence-corrected chi connectivity index (χ0v) is 12.2. The summed E-state index contributed by atoms with van der Waals surface area (Å²) >= 11 is 0. The van der Waals surface area contributed by atoms with Gasteiger partial charge in [0.2, 0.25) is 0 Å². The fourth-order valence-electron chi connectivity index (χ4n) is 2.66. The van der Waals surface area contributed by atoms with E-state index in [1.807, 2.05) is 6.07 Å². The molecule has 0 aliphatic carbocycles. The van der Waals surface area contributed by atoms with Crippen molar-refractivity contribution in [3.8, 4) is 0 Å². The average Bonchev–Trinajstić information content (AvgIpc) is 3.08. The minimum atomic E-state index is -4.40. The maximum Gasteiger partial charge on any atom is 0.435 e. The molecule has 0 aromatic carbocycles. The number of halogens is 3. The van der Waals surface area contributed by atoms with Crippen molar-refractivity contribution in [1.29, 1.82) is 0 Å². The Labute approximate surface area is 126 Å². The first kappa shape index (κ1) is 14.9. The van der Waals surface area contributed by atoms with Gasteiger partial charge in [0.05, 0.1) is 6.54 Å². The van der Waals surface area contributed by atoms with Crippen LogP contribution in [-0.4, -0.2) is 27.9 Å².